The molecular weight excluding hydrogens is 310 g/mol. The van der Waals surface area contributed by atoms with Crippen molar-refractivity contribution in [3.8, 4) is 0 Å². The van der Waals surface area contributed by atoms with Crippen LogP contribution in [-0.2, 0) is 17.7 Å². The van der Waals surface area contributed by atoms with Crippen molar-refractivity contribution in [2.75, 3.05) is 26.2 Å². The molecule has 0 radical (unpaired) electrons. The van der Waals surface area contributed by atoms with E-state index < -0.39 is 9.05 Å². The maximum Gasteiger partial charge on any atom is 0.680 e. The van der Waals surface area contributed by atoms with E-state index in [1.165, 1.54) is 32.1 Å². The molecular formula is C17H35NO4Si. The molecule has 2 bridgehead atoms. The average molecular weight is 346 g/mol. The fraction of sp³-hybridized carbons (Fsp3) is 1.00. The molecule has 3 unspecified atom stereocenters. The van der Waals surface area contributed by atoms with Crippen molar-refractivity contribution in [2.45, 2.75) is 84.5 Å². The van der Waals surface area contributed by atoms with Gasteiger partial charge in [0.25, 0.3) is 0 Å². The van der Waals surface area contributed by atoms with Gasteiger partial charge < -0.3 is 17.7 Å². The highest BCUT2D eigenvalue weighted by Gasteiger charge is 2.52. The highest BCUT2D eigenvalue weighted by molar-refractivity contribution is 6.53. The fourth-order valence-corrected chi connectivity index (χ4v) is 5.90. The Labute approximate surface area is 143 Å². The van der Waals surface area contributed by atoms with E-state index in [1.807, 2.05) is 0 Å². The van der Waals surface area contributed by atoms with Crippen LogP contribution in [0, 0.1) is 0 Å². The molecule has 23 heavy (non-hydrogen) atoms. The highest BCUT2D eigenvalue weighted by atomic mass is 28.4. The van der Waals surface area contributed by atoms with Crippen molar-refractivity contribution >= 4 is 9.05 Å². The molecule has 5 nitrogen and oxygen atoms in total. The predicted octanol–water partition coefficient (Wildman–Crippen LogP) is 3.34. The van der Waals surface area contributed by atoms with Crippen LogP contribution in [0.15, 0.2) is 0 Å². The van der Waals surface area contributed by atoms with Gasteiger partial charge in [-0.1, -0.05) is 39.0 Å². The van der Waals surface area contributed by atoms with Crippen LogP contribution in [0.4, 0.5) is 0 Å². The first-order valence-electron chi connectivity index (χ1n) is 9.42. The zero-order valence-electron chi connectivity index (χ0n) is 15.4. The van der Waals surface area contributed by atoms with Crippen molar-refractivity contribution in [1.29, 1.82) is 0 Å². The minimum absolute atomic E-state index is 0.0891. The van der Waals surface area contributed by atoms with Gasteiger partial charge in [0, 0.05) is 26.2 Å². The lowest BCUT2D eigenvalue weighted by Crippen LogP contribution is -2.63. The SMILES string of the molecule is CCCCCCCCO[Si]12OC(C)CN(CC(C)O1)CC(C)O2. The number of unbranched alkanes of at least 4 members (excludes halogenated alkanes) is 5. The van der Waals surface area contributed by atoms with E-state index in [9.17, 15) is 0 Å². The second-order valence-corrected chi connectivity index (χ2v) is 9.12. The van der Waals surface area contributed by atoms with Crippen LogP contribution >= 0.6 is 0 Å². The quantitative estimate of drug-likeness (QED) is 0.498. The van der Waals surface area contributed by atoms with Gasteiger partial charge in [-0.3, -0.25) is 4.90 Å². The Bertz CT molecular complexity index is 309. The van der Waals surface area contributed by atoms with Gasteiger partial charge in [-0.05, 0) is 27.2 Å². The van der Waals surface area contributed by atoms with E-state index in [4.69, 9.17) is 17.7 Å². The minimum Gasteiger partial charge on any atom is -0.351 e. The standard InChI is InChI=1S/C17H35NO4Si/c1-5-6-7-8-9-10-11-19-23-20-15(2)12-18(13-16(3)21-23)14-17(4)22-23/h15-17H,5-14H2,1-4H3. The second kappa shape index (κ2) is 9.49. The summed E-state index contributed by atoms with van der Waals surface area (Å²) in [7, 11) is -3.02. The van der Waals surface area contributed by atoms with Gasteiger partial charge in [0.05, 0.1) is 18.3 Å². The Morgan fingerprint density at radius 1 is 0.826 bits per heavy atom. The van der Waals surface area contributed by atoms with Gasteiger partial charge in [0.1, 0.15) is 0 Å². The van der Waals surface area contributed by atoms with E-state index in [2.05, 4.69) is 32.6 Å². The lowest BCUT2D eigenvalue weighted by atomic mass is 10.1. The summed E-state index contributed by atoms with van der Waals surface area (Å²) < 4.78 is 24.6. The Balaban J connectivity index is 1.86. The van der Waals surface area contributed by atoms with Crippen molar-refractivity contribution < 1.29 is 17.7 Å². The van der Waals surface area contributed by atoms with Crippen LogP contribution in [0.3, 0.4) is 0 Å². The molecule has 0 aromatic heterocycles. The van der Waals surface area contributed by atoms with Crippen molar-refractivity contribution in [1.82, 2.24) is 4.90 Å². The summed E-state index contributed by atoms with van der Waals surface area (Å²) in [6, 6.07) is 0. The third kappa shape index (κ3) is 6.44. The number of hydrogen-bond donors (Lipinski definition) is 0. The van der Waals surface area contributed by atoms with Crippen LogP contribution in [0.1, 0.15) is 66.2 Å². The van der Waals surface area contributed by atoms with Crippen LogP contribution in [0.25, 0.3) is 0 Å². The molecule has 3 rings (SSSR count). The third-order valence-electron chi connectivity index (χ3n) is 4.36. The van der Waals surface area contributed by atoms with Gasteiger partial charge in [0.2, 0.25) is 0 Å². The molecule has 0 amide bonds. The van der Waals surface area contributed by atoms with E-state index in [-0.39, 0.29) is 18.3 Å². The van der Waals surface area contributed by atoms with Crippen LogP contribution in [-0.4, -0.2) is 58.5 Å². The van der Waals surface area contributed by atoms with Crippen LogP contribution in [0.5, 0.6) is 0 Å². The average Bonchev–Trinajstić information content (AvgIpc) is 2.42. The summed E-state index contributed by atoms with van der Waals surface area (Å²) in [4.78, 5) is 2.37. The summed E-state index contributed by atoms with van der Waals surface area (Å²) in [5.74, 6) is 0. The van der Waals surface area contributed by atoms with Crippen molar-refractivity contribution in [3.05, 3.63) is 0 Å². The smallest absolute Gasteiger partial charge is 0.351 e. The number of rotatable bonds is 8. The molecule has 0 saturated carbocycles. The first-order valence-corrected chi connectivity index (χ1v) is 11.1. The lowest BCUT2D eigenvalue weighted by Gasteiger charge is -2.43. The molecule has 136 valence electrons. The number of fused-ring (bicyclic) bond motifs is 6. The molecule has 3 fully saturated rings. The van der Waals surface area contributed by atoms with Gasteiger partial charge >= 0.3 is 9.05 Å². The molecule has 3 heterocycles. The largest absolute Gasteiger partial charge is 0.680 e. The van der Waals surface area contributed by atoms with Crippen molar-refractivity contribution in [2.24, 2.45) is 0 Å². The highest BCUT2D eigenvalue weighted by Crippen LogP contribution is 2.26. The molecule has 3 aliphatic heterocycles. The summed E-state index contributed by atoms with van der Waals surface area (Å²) in [6.07, 6.45) is 7.75. The first kappa shape index (κ1) is 19.3. The Kier molecular flexibility index (Phi) is 7.98. The van der Waals surface area contributed by atoms with E-state index in [0.717, 1.165) is 26.1 Å². The van der Waals surface area contributed by atoms with Gasteiger partial charge in [0.15, 0.2) is 0 Å². The molecule has 6 heteroatoms. The second-order valence-electron chi connectivity index (χ2n) is 7.12. The van der Waals surface area contributed by atoms with Gasteiger partial charge in [-0.25, -0.2) is 0 Å². The molecule has 3 atom stereocenters. The summed E-state index contributed by atoms with van der Waals surface area (Å²) in [5, 5.41) is 0. The molecule has 0 aromatic rings. The first-order chi connectivity index (χ1) is 11.0. The maximum atomic E-state index is 6.17. The van der Waals surface area contributed by atoms with Crippen LogP contribution < -0.4 is 0 Å². The molecule has 0 aliphatic carbocycles. The fourth-order valence-electron chi connectivity index (χ4n) is 3.43. The van der Waals surface area contributed by atoms with E-state index in [1.54, 1.807) is 0 Å². The summed E-state index contributed by atoms with van der Waals surface area (Å²) in [6.45, 7) is 12.0. The van der Waals surface area contributed by atoms with Gasteiger partial charge in [-0.2, -0.15) is 0 Å². The Morgan fingerprint density at radius 3 is 1.83 bits per heavy atom. The number of nitrogens with zero attached hydrogens (tertiary/aromatic N) is 1. The summed E-state index contributed by atoms with van der Waals surface area (Å²) >= 11 is 0. The van der Waals surface area contributed by atoms with Gasteiger partial charge in [-0.15, -0.1) is 0 Å². The minimum atomic E-state index is -3.02. The zero-order chi connectivity index (χ0) is 16.7. The van der Waals surface area contributed by atoms with E-state index >= 15 is 0 Å². The molecule has 0 spiro atoms. The summed E-state index contributed by atoms with van der Waals surface area (Å²) in [5.41, 5.74) is 0. The Morgan fingerprint density at radius 2 is 1.30 bits per heavy atom. The van der Waals surface area contributed by atoms with Crippen molar-refractivity contribution in [3.63, 3.8) is 0 Å². The zero-order valence-corrected chi connectivity index (χ0v) is 16.4. The lowest BCUT2D eigenvalue weighted by molar-refractivity contribution is -0.130. The Hall–Kier alpha value is 0.0169. The number of hydrogen-bond acceptors (Lipinski definition) is 5. The molecule has 0 N–H and O–H groups in total. The predicted molar refractivity (Wildman–Crippen MR) is 93.2 cm³/mol. The van der Waals surface area contributed by atoms with Crippen LogP contribution in [0.2, 0.25) is 0 Å². The molecule has 3 aliphatic rings. The molecule has 0 aromatic carbocycles. The maximum absolute atomic E-state index is 6.17. The molecule has 3 saturated heterocycles. The third-order valence-corrected chi connectivity index (χ3v) is 6.99. The monoisotopic (exact) mass is 345 g/mol. The normalized spacial score (nSPS) is 38.1. The van der Waals surface area contributed by atoms with E-state index in [0.29, 0.717) is 6.61 Å². The topological polar surface area (TPSA) is 40.2 Å².